The van der Waals surface area contributed by atoms with E-state index < -0.39 is 0 Å². The molecule has 0 heterocycles. The molecule has 0 fully saturated rings. The van der Waals surface area contributed by atoms with Gasteiger partial charge in [0.2, 0.25) is 0 Å². The fourth-order valence-electron chi connectivity index (χ4n) is 0.720. The van der Waals surface area contributed by atoms with Crippen LogP contribution in [0.4, 0.5) is 4.39 Å². The molecule has 0 spiro atoms. The molecule has 0 unspecified atom stereocenters. The molecule has 0 atom stereocenters. The molecule has 0 saturated heterocycles. The van der Waals surface area contributed by atoms with Crippen molar-refractivity contribution in [3.8, 4) is 11.1 Å². The molecule has 8 heavy (non-hydrogen) atoms. The first kappa shape index (κ1) is 5.35. The van der Waals surface area contributed by atoms with Crippen LogP contribution in [-0.2, 0) is 0 Å². The quantitative estimate of drug-likeness (QED) is 0.444. The molecular formula is C6H3BF. The summed E-state index contributed by atoms with van der Waals surface area (Å²) in [4.78, 5) is 0. The standard InChI is InChI=1S/C6H3F.B/c7-6-2-4-1-5(4)3-6;/h1-3H;. The third-order valence-corrected chi connectivity index (χ3v) is 1.15. The first-order valence-corrected chi connectivity index (χ1v) is 2.17. The van der Waals surface area contributed by atoms with E-state index in [1.54, 1.807) is 0 Å². The molecule has 0 aliphatic heterocycles. The molecule has 37 valence electrons. The van der Waals surface area contributed by atoms with E-state index in [1.165, 1.54) is 12.1 Å². The van der Waals surface area contributed by atoms with Crippen molar-refractivity contribution in [2.75, 3.05) is 0 Å². The molecule has 0 aromatic carbocycles. The number of benzene rings is 1. The maximum absolute atomic E-state index is 11.9. The molecular weight excluding hydrogens is 102 g/mol. The highest BCUT2D eigenvalue weighted by molar-refractivity contribution is 5.80. The van der Waals surface area contributed by atoms with Crippen molar-refractivity contribution in [2.45, 2.75) is 0 Å². The summed E-state index contributed by atoms with van der Waals surface area (Å²) in [7, 11) is 0. The summed E-state index contributed by atoms with van der Waals surface area (Å²) in [5, 5.41) is 0. The molecule has 0 saturated carbocycles. The lowest BCUT2D eigenvalue weighted by Gasteiger charge is -1.64. The highest BCUT2D eigenvalue weighted by atomic mass is 19.1. The van der Waals surface area contributed by atoms with Crippen LogP contribution < -0.4 is 0 Å². The van der Waals surface area contributed by atoms with Gasteiger partial charge in [0.1, 0.15) is 5.82 Å². The van der Waals surface area contributed by atoms with Gasteiger partial charge in [0.15, 0.2) is 0 Å². The zero-order chi connectivity index (χ0) is 4.85. The third-order valence-electron chi connectivity index (χ3n) is 1.15. The highest BCUT2D eigenvalue weighted by Gasteiger charge is 2.12. The Labute approximate surface area is 48.9 Å². The topological polar surface area (TPSA) is 0 Å². The van der Waals surface area contributed by atoms with Gasteiger partial charge in [0.25, 0.3) is 0 Å². The summed E-state index contributed by atoms with van der Waals surface area (Å²) >= 11 is 0. The minimum absolute atomic E-state index is 0. The molecule has 2 aliphatic carbocycles. The Morgan fingerprint density at radius 3 is 1.75 bits per heavy atom. The van der Waals surface area contributed by atoms with Gasteiger partial charge in [0.05, 0.1) is 0 Å². The van der Waals surface area contributed by atoms with Gasteiger partial charge in [-0.25, -0.2) is 4.39 Å². The van der Waals surface area contributed by atoms with Crippen molar-refractivity contribution in [3.05, 3.63) is 24.0 Å². The molecule has 0 N–H and O–H groups in total. The van der Waals surface area contributed by atoms with Gasteiger partial charge in [-0.15, -0.1) is 0 Å². The van der Waals surface area contributed by atoms with E-state index >= 15 is 0 Å². The second-order valence-electron chi connectivity index (χ2n) is 1.73. The van der Waals surface area contributed by atoms with Crippen LogP contribution in [0.1, 0.15) is 0 Å². The summed E-state index contributed by atoms with van der Waals surface area (Å²) in [5.41, 5.74) is 2.13. The van der Waals surface area contributed by atoms with Crippen LogP contribution in [0, 0.1) is 5.82 Å². The average molecular weight is 105 g/mol. The highest BCUT2D eigenvalue weighted by Crippen LogP contribution is 2.34. The third kappa shape index (κ3) is 0.531. The minimum atomic E-state index is -0.104. The Balaban J connectivity index is 0.000000320. The van der Waals surface area contributed by atoms with E-state index in [0.717, 1.165) is 11.1 Å². The Hall–Kier alpha value is -0.785. The summed E-state index contributed by atoms with van der Waals surface area (Å²) in [6.07, 6.45) is 0. The number of hydrogen-bond acceptors (Lipinski definition) is 0. The van der Waals surface area contributed by atoms with E-state index in [-0.39, 0.29) is 14.2 Å². The maximum atomic E-state index is 11.9. The fraction of sp³-hybridized carbons (Fsp3) is 0. The van der Waals surface area contributed by atoms with Gasteiger partial charge in [-0.3, -0.25) is 0 Å². The number of rotatable bonds is 0. The smallest absolute Gasteiger partial charge is 0.124 e. The lowest BCUT2D eigenvalue weighted by atomic mass is 10.6. The number of hydrogen-bond donors (Lipinski definition) is 0. The van der Waals surface area contributed by atoms with Crippen LogP contribution in [0.15, 0.2) is 18.2 Å². The molecule has 2 aliphatic rings. The molecule has 0 nitrogen and oxygen atoms in total. The summed E-state index contributed by atoms with van der Waals surface area (Å²) in [6, 6.07) is 5.02. The lowest BCUT2D eigenvalue weighted by Crippen LogP contribution is -1.51. The second-order valence-corrected chi connectivity index (χ2v) is 1.73. The predicted octanol–water partition coefficient (Wildman–Crippen LogP) is 1.43. The van der Waals surface area contributed by atoms with Crippen LogP contribution in [-0.4, -0.2) is 8.41 Å². The molecule has 0 aromatic rings. The molecule has 2 rings (SSSR count). The number of fused-ring (bicyclic) bond motifs is 1. The van der Waals surface area contributed by atoms with Gasteiger partial charge in [-0.05, 0) is 29.3 Å². The van der Waals surface area contributed by atoms with Crippen molar-refractivity contribution in [2.24, 2.45) is 0 Å². The fourth-order valence-corrected chi connectivity index (χ4v) is 0.720. The van der Waals surface area contributed by atoms with Crippen LogP contribution in [0.3, 0.4) is 0 Å². The van der Waals surface area contributed by atoms with E-state index in [9.17, 15) is 4.39 Å². The zero-order valence-electron chi connectivity index (χ0n) is 4.19. The Morgan fingerprint density at radius 1 is 1.00 bits per heavy atom. The van der Waals surface area contributed by atoms with Gasteiger partial charge in [-0.2, -0.15) is 0 Å². The summed E-state index contributed by atoms with van der Waals surface area (Å²) < 4.78 is 11.9. The first-order chi connectivity index (χ1) is 3.36. The molecule has 3 radical (unpaired) electrons. The predicted molar refractivity (Wildman–Crippen MR) is 31.1 cm³/mol. The van der Waals surface area contributed by atoms with Crippen LogP contribution in [0.25, 0.3) is 11.1 Å². The first-order valence-electron chi connectivity index (χ1n) is 2.17. The van der Waals surface area contributed by atoms with E-state index in [2.05, 4.69) is 0 Å². The van der Waals surface area contributed by atoms with E-state index in [0.29, 0.717) is 0 Å². The second kappa shape index (κ2) is 1.34. The summed E-state index contributed by atoms with van der Waals surface area (Å²) in [6.45, 7) is 0. The molecule has 0 aromatic heterocycles. The van der Waals surface area contributed by atoms with Gasteiger partial charge in [-0.1, -0.05) is 0 Å². The van der Waals surface area contributed by atoms with E-state index in [1.807, 2.05) is 6.07 Å². The lowest BCUT2D eigenvalue weighted by molar-refractivity contribution is 0.632. The average Bonchev–Trinajstić information content (AvgIpc) is 2.15. The molecule has 0 bridgehead atoms. The van der Waals surface area contributed by atoms with Crippen molar-refractivity contribution in [1.29, 1.82) is 0 Å². The zero-order valence-corrected chi connectivity index (χ0v) is 4.19. The van der Waals surface area contributed by atoms with Crippen molar-refractivity contribution >= 4 is 8.41 Å². The maximum Gasteiger partial charge on any atom is 0.124 e. The monoisotopic (exact) mass is 105 g/mol. The Bertz CT molecular complexity index is 200. The van der Waals surface area contributed by atoms with Crippen LogP contribution >= 0.6 is 0 Å². The van der Waals surface area contributed by atoms with Crippen LogP contribution in [0.2, 0.25) is 0 Å². The van der Waals surface area contributed by atoms with Crippen LogP contribution in [0.5, 0.6) is 0 Å². The van der Waals surface area contributed by atoms with Crippen molar-refractivity contribution < 1.29 is 4.39 Å². The van der Waals surface area contributed by atoms with Crippen molar-refractivity contribution in [1.82, 2.24) is 0 Å². The number of halogens is 1. The molecule has 0 amide bonds. The van der Waals surface area contributed by atoms with Gasteiger partial charge < -0.3 is 0 Å². The Kier molecular flexibility index (Phi) is 0.899. The van der Waals surface area contributed by atoms with Gasteiger partial charge in [0, 0.05) is 8.41 Å². The SMILES string of the molecule is Fc1cc2cc-2c1.[B]. The van der Waals surface area contributed by atoms with Crippen molar-refractivity contribution in [3.63, 3.8) is 0 Å². The molecule has 2 heteroatoms. The summed E-state index contributed by atoms with van der Waals surface area (Å²) in [5.74, 6) is -0.104. The minimum Gasteiger partial charge on any atom is -0.207 e. The largest absolute Gasteiger partial charge is 0.207 e. The normalized spacial score (nSPS) is 10.1. The van der Waals surface area contributed by atoms with E-state index in [4.69, 9.17) is 0 Å². The van der Waals surface area contributed by atoms with Gasteiger partial charge >= 0.3 is 0 Å². The Morgan fingerprint density at radius 2 is 1.50 bits per heavy atom.